The van der Waals surface area contributed by atoms with E-state index in [2.05, 4.69) is 0 Å². The van der Waals surface area contributed by atoms with Crippen LogP contribution in [0.3, 0.4) is 0 Å². The lowest BCUT2D eigenvalue weighted by atomic mass is 10.3. The van der Waals surface area contributed by atoms with Crippen molar-refractivity contribution >= 4 is 22.6 Å². The van der Waals surface area contributed by atoms with Crippen LogP contribution in [-0.2, 0) is 0 Å². The number of alkyl halides is 8. The van der Waals surface area contributed by atoms with Gasteiger partial charge >= 0.3 is 16.0 Å². The molecule has 11 heavy (non-hydrogen) atoms. The average molecular weight is 296 g/mol. The molecule has 0 aliphatic heterocycles. The summed E-state index contributed by atoms with van der Waals surface area (Å²) in [5, 5.41) is 0. The molecule has 0 heterocycles. The van der Waals surface area contributed by atoms with Crippen LogP contribution in [0.15, 0.2) is 0 Å². The van der Waals surface area contributed by atoms with Crippen molar-refractivity contribution in [2.45, 2.75) is 16.0 Å². The highest BCUT2D eigenvalue weighted by Crippen LogP contribution is 2.49. The zero-order valence-corrected chi connectivity index (χ0v) is 6.68. The highest BCUT2D eigenvalue weighted by Gasteiger charge is 2.72. The minimum Gasteiger partial charge on any atom is -0.188 e. The van der Waals surface area contributed by atoms with Crippen molar-refractivity contribution in [3.8, 4) is 0 Å². The Hall–Kier alpha value is 0.240. The molecule has 8 heteroatoms. The molecule has 0 N–H and O–H groups in total. The van der Waals surface area contributed by atoms with E-state index >= 15 is 0 Å². The molecule has 0 spiro atoms. The Morgan fingerprint density at radius 3 is 1.00 bits per heavy atom. The van der Waals surface area contributed by atoms with E-state index in [1.807, 2.05) is 0 Å². The molecular formula is C3F7I. The topological polar surface area (TPSA) is 0 Å². The summed E-state index contributed by atoms with van der Waals surface area (Å²) in [4.78, 5) is 0. The van der Waals surface area contributed by atoms with Crippen LogP contribution in [0, 0.1) is 0 Å². The molecule has 0 bridgehead atoms. The van der Waals surface area contributed by atoms with Crippen molar-refractivity contribution < 1.29 is 30.7 Å². The van der Waals surface area contributed by atoms with E-state index in [1.165, 1.54) is 0 Å². The normalized spacial score (nSPS) is 15.3. The maximum atomic E-state index is 11.6. The van der Waals surface area contributed by atoms with E-state index in [0.29, 0.717) is 0 Å². The number of halogens is 8. The van der Waals surface area contributed by atoms with Gasteiger partial charge in [-0.1, -0.05) is 0 Å². The van der Waals surface area contributed by atoms with Gasteiger partial charge in [0.1, 0.15) is 0 Å². The monoisotopic (exact) mass is 296 g/mol. The first-order valence-electron chi connectivity index (χ1n) is 2.01. The fourth-order valence-electron chi connectivity index (χ4n) is 0.161. The summed E-state index contributed by atoms with van der Waals surface area (Å²) in [6, 6.07) is 0. The van der Waals surface area contributed by atoms with Gasteiger partial charge in [0, 0.05) is 22.6 Å². The second kappa shape index (κ2) is 2.63. The Kier molecular flexibility index (Phi) is 2.69. The molecule has 0 saturated heterocycles. The van der Waals surface area contributed by atoms with Crippen LogP contribution in [0.4, 0.5) is 30.7 Å². The van der Waals surface area contributed by atoms with Crippen molar-refractivity contribution in [2.75, 3.05) is 0 Å². The van der Waals surface area contributed by atoms with Gasteiger partial charge < -0.3 is 0 Å². The van der Waals surface area contributed by atoms with E-state index in [1.54, 1.807) is 0 Å². The summed E-state index contributed by atoms with van der Waals surface area (Å²) >= 11 is -0.259. The Morgan fingerprint density at radius 2 is 1.00 bits per heavy atom. The molecule has 0 aliphatic carbocycles. The minimum absolute atomic E-state index is 0.259. The molecule has 0 aromatic rings. The van der Waals surface area contributed by atoms with Gasteiger partial charge in [0.15, 0.2) is 0 Å². The Balaban J connectivity index is 4.75. The molecule has 0 radical (unpaired) electrons. The first kappa shape index (κ1) is 11.2. The highest BCUT2D eigenvalue weighted by atomic mass is 127. The summed E-state index contributed by atoms with van der Waals surface area (Å²) in [5.41, 5.74) is 0. The molecule has 0 nitrogen and oxygen atoms in total. The average Bonchev–Trinajstić information content (AvgIpc) is 1.58. The number of hydrogen-bond donors (Lipinski definition) is 0. The van der Waals surface area contributed by atoms with Crippen LogP contribution in [0.1, 0.15) is 0 Å². The predicted molar refractivity (Wildman–Crippen MR) is 30.0 cm³/mol. The molecule has 0 atom stereocenters. The van der Waals surface area contributed by atoms with Crippen LogP contribution in [0.2, 0.25) is 0 Å². The molecular weight excluding hydrogens is 296 g/mol. The maximum Gasteiger partial charge on any atom is 0.460 e. The van der Waals surface area contributed by atoms with E-state index < -0.39 is 16.0 Å². The largest absolute Gasteiger partial charge is 0.460 e. The van der Waals surface area contributed by atoms with Crippen LogP contribution in [0.5, 0.6) is 0 Å². The standard InChI is InChI=1S/C3F7I/c4-1(5,2(6,7)8)3(9,10)11. The Morgan fingerprint density at radius 1 is 0.727 bits per heavy atom. The predicted octanol–water partition coefficient (Wildman–Crippen LogP) is 3.21. The van der Waals surface area contributed by atoms with Gasteiger partial charge in [0.2, 0.25) is 0 Å². The maximum absolute atomic E-state index is 11.6. The summed E-state index contributed by atoms with van der Waals surface area (Å²) in [5.74, 6) is -5.97. The lowest BCUT2D eigenvalue weighted by Crippen LogP contribution is -2.48. The third-order valence-corrected chi connectivity index (χ3v) is 1.39. The first-order valence-corrected chi connectivity index (χ1v) is 3.09. The fraction of sp³-hybridized carbons (Fsp3) is 1.00. The van der Waals surface area contributed by atoms with Crippen molar-refractivity contribution in [1.82, 2.24) is 0 Å². The van der Waals surface area contributed by atoms with Crippen molar-refractivity contribution in [2.24, 2.45) is 0 Å². The van der Waals surface area contributed by atoms with E-state index in [-0.39, 0.29) is 22.6 Å². The summed E-state index contributed by atoms with van der Waals surface area (Å²) in [6.45, 7) is 0. The molecule has 0 aromatic carbocycles. The van der Waals surface area contributed by atoms with Crippen LogP contribution in [0.25, 0.3) is 0 Å². The van der Waals surface area contributed by atoms with E-state index in [9.17, 15) is 30.7 Å². The second-order valence-corrected chi connectivity index (χ2v) is 2.92. The SMILES string of the molecule is FC(F)(F)C(F)(F)C(F)(F)I. The third-order valence-electron chi connectivity index (χ3n) is 0.712. The van der Waals surface area contributed by atoms with Crippen LogP contribution >= 0.6 is 22.6 Å². The Bertz CT molecular complexity index is 125. The number of rotatable bonds is 1. The molecule has 0 unspecified atom stereocenters. The summed E-state index contributed by atoms with van der Waals surface area (Å²) < 4.78 is 74.3. The second-order valence-electron chi connectivity index (χ2n) is 1.57. The molecule has 0 saturated carbocycles. The Labute approximate surface area is 69.9 Å². The van der Waals surface area contributed by atoms with Gasteiger partial charge in [-0.25, -0.2) is 0 Å². The zero-order chi connectivity index (χ0) is 9.50. The smallest absolute Gasteiger partial charge is 0.188 e. The lowest BCUT2D eigenvalue weighted by molar-refractivity contribution is -0.325. The number of hydrogen-bond acceptors (Lipinski definition) is 0. The minimum atomic E-state index is -6.21. The van der Waals surface area contributed by atoms with Gasteiger partial charge in [-0.05, 0) is 0 Å². The molecule has 0 aliphatic rings. The van der Waals surface area contributed by atoms with E-state index in [4.69, 9.17) is 0 Å². The lowest BCUT2D eigenvalue weighted by Gasteiger charge is -2.23. The fourth-order valence-corrected chi connectivity index (χ4v) is 0.467. The van der Waals surface area contributed by atoms with E-state index in [0.717, 1.165) is 0 Å². The van der Waals surface area contributed by atoms with Gasteiger partial charge in [-0.3, -0.25) is 0 Å². The molecule has 0 aromatic heterocycles. The molecule has 0 rings (SSSR count). The van der Waals surface area contributed by atoms with Crippen molar-refractivity contribution in [1.29, 1.82) is 0 Å². The molecule has 0 amide bonds. The third kappa shape index (κ3) is 2.09. The molecule has 68 valence electrons. The van der Waals surface area contributed by atoms with Gasteiger partial charge in [-0.15, -0.1) is 0 Å². The molecule has 0 fully saturated rings. The van der Waals surface area contributed by atoms with Gasteiger partial charge in [0.25, 0.3) is 0 Å². The van der Waals surface area contributed by atoms with Gasteiger partial charge in [0.05, 0.1) is 0 Å². The van der Waals surface area contributed by atoms with Crippen molar-refractivity contribution in [3.63, 3.8) is 0 Å². The first-order chi connectivity index (χ1) is 4.50. The zero-order valence-electron chi connectivity index (χ0n) is 4.52. The quantitative estimate of drug-likeness (QED) is 0.396. The van der Waals surface area contributed by atoms with Crippen LogP contribution < -0.4 is 0 Å². The summed E-state index contributed by atoms with van der Waals surface area (Å²) in [6.07, 6.45) is -6.21. The van der Waals surface area contributed by atoms with Crippen molar-refractivity contribution in [3.05, 3.63) is 0 Å². The van der Waals surface area contributed by atoms with Gasteiger partial charge in [-0.2, -0.15) is 30.7 Å². The highest BCUT2D eigenvalue weighted by molar-refractivity contribution is 14.1. The summed E-state index contributed by atoms with van der Waals surface area (Å²) in [7, 11) is 0. The van der Waals surface area contributed by atoms with Crippen LogP contribution in [-0.4, -0.2) is 16.0 Å².